The SMILES string of the molecule is CCNC(C)CC(=O)N(C)CC(C)C. The summed E-state index contributed by atoms with van der Waals surface area (Å²) in [5.41, 5.74) is 0. The lowest BCUT2D eigenvalue weighted by atomic mass is 10.2. The van der Waals surface area contributed by atoms with Gasteiger partial charge < -0.3 is 10.2 Å². The lowest BCUT2D eigenvalue weighted by Gasteiger charge is -2.21. The average Bonchev–Trinajstić information content (AvgIpc) is 2.02. The summed E-state index contributed by atoms with van der Waals surface area (Å²) in [6.07, 6.45) is 0.594. The van der Waals surface area contributed by atoms with Crippen molar-refractivity contribution in [3.05, 3.63) is 0 Å². The number of carbonyl (C=O) groups is 1. The van der Waals surface area contributed by atoms with Crippen LogP contribution < -0.4 is 5.32 Å². The van der Waals surface area contributed by atoms with E-state index in [-0.39, 0.29) is 11.9 Å². The normalized spacial score (nSPS) is 13.0. The first-order chi connectivity index (χ1) is 6.47. The van der Waals surface area contributed by atoms with Gasteiger partial charge in [-0.25, -0.2) is 0 Å². The summed E-state index contributed by atoms with van der Waals surface area (Å²) in [5, 5.41) is 3.24. The Kier molecular flexibility index (Phi) is 6.54. The van der Waals surface area contributed by atoms with Gasteiger partial charge in [0.05, 0.1) is 0 Å². The molecule has 0 aliphatic carbocycles. The highest BCUT2D eigenvalue weighted by Crippen LogP contribution is 2.00. The van der Waals surface area contributed by atoms with Crippen LogP contribution in [0.2, 0.25) is 0 Å². The van der Waals surface area contributed by atoms with E-state index in [0.717, 1.165) is 13.1 Å². The minimum Gasteiger partial charge on any atom is -0.345 e. The molecule has 1 unspecified atom stereocenters. The molecule has 0 saturated heterocycles. The van der Waals surface area contributed by atoms with E-state index in [1.54, 1.807) is 0 Å². The fourth-order valence-electron chi connectivity index (χ4n) is 1.49. The Balaban J connectivity index is 3.82. The van der Waals surface area contributed by atoms with Crippen LogP contribution in [0.25, 0.3) is 0 Å². The van der Waals surface area contributed by atoms with Gasteiger partial charge in [-0.05, 0) is 19.4 Å². The molecule has 0 rings (SSSR count). The van der Waals surface area contributed by atoms with Crippen molar-refractivity contribution >= 4 is 5.91 Å². The van der Waals surface area contributed by atoms with Crippen molar-refractivity contribution < 1.29 is 4.79 Å². The predicted molar refractivity (Wildman–Crippen MR) is 60.2 cm³/mol. The third-order valence-electron chi connectivity index (χ3n) is 2.10. The molecule has 0 saturated carbocycles. The Bertz CT molecular complexity index is 169. The second-order valence-electron chi connectivity index (χ2n) is 4.33. The third-order valence-corrected chi connectivity index (χ3v) is 2.10. The highest BCUT2D eigenvalue weighted by Gasteiger charge is 2.13. The lowest BCUT2D eigenvalue weighted by molar-refractivity contribution is -0.130. The first kappa shape index (κ1) is 13.4. The van der Waals surface area contributed by atoms with E-state index < -0.39 is 0 Å². The molecule has 1 N–H and O–H groups in total. The van der Waals surface area contributed by atoms with E-state index in [0.29, 0.717) is 12.3 Å². The summed E-state index contributed by atoms with van der Waals surface area (Å²) >= 11 is 0. The molecule has 0 heterocycles. The Hall–Kier alpha value is -0.570. The molecule has 0 aliphatic rings. The number of amides is 1. The van der Waals surface area contributed by atoms with Gasteiger partial charge in [0.15, 0.2) is 0 Å². The minimum atomic E-state index is 0.229. The maximum atomic E-state index is 11.6. The smallest absolute Gasteiger partial charge is 0.223 e. The molecule has 14 heavy (non-hydrogen) atoms. The van der Waals surface area contributed by atoms with Gasteiger partial charge in [-0.1, -0.05) is 20.8 Å². The molecule has 0 aromatic carbocycles. The highest BCUT2D eigenvalue weighted by molar-refractivity contribution is 5.76. The standard InChI is InChI=1S/C11H24N2O/c1-6-12-10(4)7-11(14)13(5)8-9(2)3/h9-10,12H,6-8H2,1-5H3. The van der Waals surface area contributed by atoms with Gasteiger partial charge in [0.1, 0.15) is 0 Å². The molecular weight excluding hydrogens is 176 g/mol. The van der Waals surface area contributed by atoms with Crippen molar-refractivity contribution in [2.75, 3.05) is 20.1 Å². The minimum absolute atomic E-state index is 0.229. The number of rotatable bonds is 6. The van der Waals surface area contributed by atoms with Crippen molar-refractivity contribution in [3.63, 3.8) is 0 Å². The number of hydrogen-bond acceptors (Lipinski definition) is 2. The maximum Gasteiger partial charge on any atom is 0.223 e. The van der Waals surface area contributed by atoms with E-state index in [4.69, 9.17) is 0 Å². The molecule has 0 aliphatic heterocycles. The number of nitrogens with one attached hydrogen (secondary N) is 1. The summed E-state index contributed by atoms with van der Waals surface area (Å²) in [5.74, 6) is 0.769. The molecule has 0 fully saturated rings. The van der Waals surface area contributed by atoms with Gasteiger partial charge in [-0.3, -0.25) is 4.79 Å². The average molecular weight is 200 g/mol. The fourth-order valence-corrected chi connectivity index (χ4v) is 1.49. The topological polar surface area (TPSA) is 32.3 Å². The second kappa shape index (κ2) is 6.82. The van der Waals surface area contributed by atoms with E-state index in [2.05, 4.69) is 26.1 Å². The summed E-state index contributed by atoms with van der Waals surface area (Å²) in [6, 6.07) is 0.280. The van der Waals surface area contributed by atoms with Crippen LogP contribution in [-0.4, -0.2) is 37.0 Å². The van der Waals surface area contributed by atoms with Gasteiger partial charge in [0, 0.05) is 26.1 Å². The van der Waals surface area contributed by atoms with Crippen molar-refractivity contribution in [2.45, 2.75) is 40.2 Å². The van der Waals surface area contributed by atoms with Gasteiger partial charge in [0.2, 0.25) is 5.91 Å². The molecule has 1 amide bonds. The van der Waals surface area contributed by atoms with Crippen LogP contribution in [0.15, 0.2) is 0 Å². The zero-order chi connectivity index (χ0) is 11.1. The van der Waals surface area contributed by atoms with Crippen molar-refractivity contribution in [1.82, 2.24) is 10.2 Å². The van der Waals surface area contributed by atoms with Crippen molar-refractivity contribution in [3.8, 4) is 0 Å². The fraction of sp³-hybridized carbons (Fsp3) is 0.909. The van der Waals surface area contributed by atoms with Crippen molar-refractivity contribution in [1.29, 1.82) is 0 Å². The first-order valence-corrected chi connectivity index (χ1v) is 5.44. The Morgan fingerprint density at radius 3 is 2.36 bits per heavy atom. The Morgan fingerprint density at radius 1 is 1.36 bits per heavy atom. The number of carbonyl (C=O) groups excluding carboxylic acids is 1. The zero-order valence-electron chi connectivity index (χ0n) is 10.1. The first-order valence-electron chi connectivity index (χ1n) is 5.44. The molecule has 0 bridgehead atoms. The monoisotopic (exact) mass is 200 g/mol. The molecular formula is C11H24N2O. The zero-order valence-corrected chi connectivity index (χ0v) is 10.1. The molecule has 0 spiro atoms. The van der Waals surface area contributed by atoms with Crippen LogP contribution >= 0.6 is 0 Å². The molecule has 3 heteroatoms. The van der Waals surface area contributed by atoms with Crippen LogP contribution in [0.5, 0.6) is 0 Å². The van der Waals surface area contributed by atoms with E-state index in [1.807, 2.05) is 18.9 Å². The van der Waals surface area contributed by atoms with E-state index in [9.17, 15) is 4.79 Å². The highest BCUT2D eigenvalue weighted by atomic mass is 16.2. The summed E-state index contributed by atoms with van der Waals surface area (Å²) in [4.78, 5) is 13.5. The molecule has 0 aromatic heterocycles. The largest absolute Gasteiger partial charge is 0.345 e. The molecule has 0 radical (unpaired) electrons. The summed E-state index contributed by atoms with van der Waals surface area (Å²) in [7, 11) is 1.88. The third kappa shape index (κ3) is 5.97. The van der Waals surface area contributed by atoms with Crippen molar-refractivity contribution in [2.24, 2.45) is 5.92 Å². The van der Waals surface area contributed by atoms with Crippen LogP contribution in [0.4, 0.5) is 0 Å². The van der Waals surface area contributed by atoms with Gasteiger partial charge >= 0.3 is 0 Å². The molecule has 1 atom stereocenters. The lowest BCUT2D eigenvalue weighted by Crippen LogP contribution is -2.36. The van der Waals surface area contributed by atoms with Crippen LogP contribution in [0.1, 0.15) is 34.1 Å². The Morgan fingerprint density at radius 2 is 1.93 bits per heavy atom. The number of nitrogens with zero attached hydrogens (tertiary/aromatic N) is 1. The second-order valence-corrected chi connectivity index (χ2v) is 4.33. The van der Waals surface area contributed by atoms with Gasteiger partial charge in [-0.2, -0.15) is 0 Å². The van der Waals surface area contributed by atoms with Crippen LogP contribution in [-0.2, 0) is 4.79 Å². The summed E-state index contributed by atoms with van der Waals surface area (Å²) in [6.45, 7) is 10.1. The molecule has 3 nitrogen and oxygen atoms in total. The van der Waals surface area contributed by atoms with Gasteiger partial charge in [-0.15, -0.1) is 0 Å². The predicted octanol–water partition coefficient (Wildman–Crippen LogP) is 1.49. The molecule has 0 aromatic rings. The maximum absolute atomic E-state index is 11.6. The van der Waals surface area contributed by atoms with E-state index in [1.165, 1.54) is 0 Å². The van der Waals surface area contributed by atoms with Crippen LogP contribution in [0.3, 0.4) is 0 Å². The summed E-state index contributed by atoms with van der Waals surface area (Å²) < 4.78 is 0. The van der Waals surface area contributed by atoms with Crippen LogP contribution in [0, 0.1) is 5.92 Å². The molecule has 84 valence electrons. The van der Waals surface area contributed by atoms with Gasteiger partial charge in [0.25, 0.3) is 0 Å². The quantitative estimate of drug-likeness (QED) is 0.704. The number of hydrogen-bond donors (Lipinski definition) is 1. The Labute approximate surface area is 87.9 Å². The van der Waals surface area contributed by atoms with E-state index >= 15 is 0 Å².